The van der Waals surface area contributed by atoms with Crippen LogP contribution >= 0.6 is 0 Å². The Hall–Kier alpha value is -1.10. The Morgan fingerprint density at radius 1 is 1.39 bits per heavy atom. The summed E-state index contributed by atoms with van der Waals surface area (Å²) >= 11 is 0. The average molecular weight is 254 g/mol. The second-order valence-corrected chi connectivity index (χ2v) is 5.30. The number of nitrogens with zero attached hydrogens (tertiary/aromatic N) is 1. The van der Waals surface area contributed by atoms with E-state index in [1.54, 1.807) is 11.8 Å². The minimum absolute atomic E-state index is 0.0415. The minimum atomic E-state index is -0.370. The van der Waals surface area contributed by atoms with Gasteiger partial charge in [0.1, 0.15) is 12.1 Å². The molecule has 0 saturated carbocycles. The fourth-order valence-corrected chi connectivity index (χ4v) is 2.86. The van der Waals surface area contributed by atoms with Gasteiger partial charge in [0.15, 0.2) is 0 Å². The van der Waals surface area contributed by atoms with Crippen molar-refractivity contribution in [2.75, 3.05) is 13.2 Å². The zero-order chi connectivity index (χ0) is 13.3. The van der Waals surface area contributed by atoms with Gasteiger partial charge in [-0.25, -0.2) is 0 Å². The molecule has 2 aliphatic rings. The predicted octanol–water partition coefficient (Wildman–Crippen LogP) is 0.537. The van der Waals surface area contributed by atoms with Crippen molar-refractivity contribution in [1.29, 1.82) is 0 Å². The fourth-order valence-electron chi connectivity index (χ4n) is 2.86. The highest BCUT2D eigenvalue weighted by Crippen LogP contribution is 2.25. The molecule has 18 heavy (non-hydrogen) atoms. The van der Waals surface area contributed by atoms with Gasteiger partial charge in [-0.3, -0.25) is 9.59 Å². The third-order valence-electron chi connectivity index (χ3n) is 4.03. The molecule has 0 radical (unpaired) electrons. The molecular formula is C13H22N2O3. The van der Waals surface area contributed by atoms with E-state index < -0.39 is 0 Å². The highest BCUT2D eigenvalue weighted by atomic mass is 16.5. The molecule has 0 bridgehead atoms. The summed E-state index contributed by atoms with van der Waals surface area (Å²) in [7, 11) is 0. The number of piperazine rings is 1. The highest BCUT2D eigenvalue weighted by molar-refractivity contribution is 5.96. The molecule has 5 nitrogen and oxygen atoms in total. The molecule has 2 rings (SSSR count). The van der Waals surface area contributed by atoms with Crippen molar-refractivity contribution in [2.45, 2.75) is 51.7 Å². The van der Waals surface area contributed by atoms with Crippen molar-refractivity contribution >= 4 is 11.8 Å². The van der Waals surface area contributed by atoms with Gasteiger partial charge in [0.2, 0.25) is 11.8 Å². The van der Waals surface area contributed by atoms with Crippen LogP contribution in [0.1, 0.15) is 33.6 Å². The lowest BCUT2D eigenvalue weighted by atomic mass is 9.92. The molecule has 4 atom stereocenters. The normalized spacial score (nSPS) is 37.6. The standard InChI is InChI=1S/C13H22N2O3/c1-4-10-13(17)15(9(3)12(16)14-10)11-5-6-18-7-8(11)2/h8-11H,4-7H2,1-3H3,(H,14,16). The second-order valence-electron chi connectivity index (χ2n) is 5.30. The third-order valence-corrected chi connectivity index (χ3v) is 4.03. The maximum absolute atomic E-state index is 12.4. The summed E-state index contributed by atoms with van der Waals surface area (Å²) in [6.07, 6.45) is 1.46. The lowest BCUT2D eigenvalue weighted by Gasteiger charge is -2.45. The van der Waals surface area contributed by atoms with E-state index in [4.69, 9.17) is 4.74 Å². The van der Waals surface area contributed by atoms with Crippen LogP contribution in [0.2, 0.25) is 0 Å². The molecule has 2 amide bonds. The summed E-state index contributed by atoms with van der Waals surface area (Å²) in [5.74, 6) is 0.303. The van der Waals surface area contributed by atoms with E-state index in [1.807, 2.05) is 6.92 Å². The molecule has 2 heterocycles. The van der Waals surface area contributed by atoms with Crippen LogP contribution in [-0.4, -0.2) is 48.1 Å². The van der Waals surface area contributed by atoms with E-state index in [9.17, 15) is 9.59 Å². The predicted molar refractivity (Wildman–Crippen MR) is 66.9 cm³/mol. The zero-order valence-corrected chi connectivity index (χ0v) is 11.3. The van der Waals surface area contributed by atoms with Gasteiger partial charge in [-0.1, -0.05) is 13.8 Å². The summed E-state index contributed by atoms with van der Waals surface area (Å²) < 4.78 is 5.41. The number of ether oxygens (including phenoxy) is 1. The first-order valence-electron chi connectivity index (χ1n) is 6.76. The molecule has 2 saturated heterocycles. The van der Waals surface area contributed by atoms with Gasteiger partial charge >= 0.3 is 0 Å². The Balaban J connectivity index is 2.21. The van der Waals surface area contributed by atoms with Crippen LogP contribution in [0.4, 0.5) is 0 Å². The van der Waals surface area contributed by atoms with Crippen molar-refractivity contribution in [3.8, 4) is 0 Å². The molecule has 102 valence electrons. The van der Waals surface area contributed by atoms with Crippen LogP contribution in [0.15, 0.2) is 0 Å². The summed E-state index contributed by atoms with van der Waals surface area (Å²) in [6, 6.07) is -0.601. The molecule has 2 aliphatic heterocycles. The highest BCUT2D eigenvalue weighted by Gasteiger charge is 2.42. The van der Waals surface area contributed by atoms with Crippen molar-refractivity contribution in [2.24, 2.45) is 5.92 Å². The number of hydrogen-bond acceptors (Lipinski definition) is 3. The maximum Gasteiger partial charge on any atom is 0.246 e. The van der Waals surface area contributed by atoms with Gasteiger partial charge in [0.05, 0.1) is 6.61 Å². The lowest BCUT2D eigenvalue weighted by Crippen LogP contribution is -2.66. The summed E-state index contributed by atoms with van der Waals surface area (Å²) in [5, 5.41) is 2.79. The van der Waals surface area contributed by atoms with Crippen LogP contribution in [0.25, 0.3) is 0 Å². The molecule has 0 aromatic carbocycles. The van der Waals surface area contributed by atoms with Crippen LogP contribution < -0.4 is 5.32 Å². The molecule has 4 unspecified atom stereocenters. The monoisotopic (exact) mass is 254 g/mol. The van der Waals surface area contributed by atoms with Crippen molar-refractivity contribution in [3.05, 3.63) is 0 Å². The molecule has 1 N–H and O–H groups in total. The number of amides is 2. The van der Waals surface area contributed by atoms with Crippen LogP contribution in [0, 0.1) is 5.92 Å². The number of carbonyl (C=O) groups excluding carboxylic acids is 2. The number of carbonyl (C=O) groups is 2. The van der Waals surface area contributed by atoms with Gasteiger partial charge in [-0.15, -0.1) is 0 Å². The van der Waals surface area contributed by atoms with E-state index in [1.165, 1.54) is 0 Å². The van der Waals surface area contributed by atoms with E-state index in [2.05, 4.69) is 12.2 Å². The van der Waals surface area contributed by atoms with Gasteiger partial charge in [-0.2, -0.15) is 0 Å². The lowest BCUT2D eigenvalue weighted by molar-refractivity contribution is -0.155. The SMILES string of the molecule is CCC1NC(=O)C(C)N(C2CCOCC2C)C1=O. The topological polar surface area (TPSA) is 58.6 Å². The fraction of sp³-hybridized carbons (Fsp3) is 0.846. The molecule has 0 aromatic rings. The Labute approximate surface area is 108 Å². The van der Waals surface area contributed by atoms with Gasteiger partial charge in [0.25, 0.3) is 0 Å². The van der Waals surface area contributed by atoms with Gasteiger partial charge < -0.3 is 15.0 Å². The molecule has 0 spiro atoms. The van der Waals surface area contributed by atoms with E-state index >= 15 is 0 Å². The second kappa shape index (κ2) is 5.26. The summed E-state index contributed by atoms with van der Waals surface area (Å²) in [6.45, 7) is 7.15. The molecule has 5 heteroatoms. The van der Waals surface area contributed by atoms with Crippen LogP contribution in [-0.2, 0) is 14.3 Å². The quantitative estimate of drug-likeness (QED) is 0.782. The smallest absolute Gasteiger partial charge is 0.246 e. The largest absolute Gasteiger partial charge is 0.381 e. The Kier molecular flexibility index (Phi) is 3.90. The average Bonchev–Trinajstić information content (AvgIpc) is 2.36. The first-order valence-corrected chi connectivity index (χ1v) is 6.76. The van der Waals surface area contributed by atoms with Gasteiger partial charge in [0, 0.05) is 18.6 Å². The number of rotatable bonds is 2. The van der Waals surface area contributed by atoms with E-state index in [0.29, 0.717) is 19.6 Å². The number of nitrogens with one attached hydrogen (secondary N) is 1. The molecule has 0 aliphatic carbocycles. The summed E-state index contributed by atoms with van der Waals surface area (Å²) in [4.78, 5) is 26.2. The number of hydrogen-bond donors (Lipinski definition) is 1. The van der Waals surface area contributed by atoms with Crippen molar-refractivity contribution in [3.63, 3.8) is 0 Å². The van der Waals surface area contributed by atoms with Crippen LogP contribution in [0.5, 0.6) is 0 Å². The first-order chi connectivity index (χ1) is 8.56. The summed E-state index contributed by atoms with van der Waals surface area (Å²) in [5.41, 5.74) is 0. The Morgan fingerprint density at radius 2 is 2.11 bits per heavy atom. The molecule has 0 aromatic heterocycles. The Bertz CT molecular complexity index is 345. The van der Waals surface area contributed by atoms with Gasteiger partial charge in [-0.05, 0) is 19.8 Å². The van der Waals surface area contributed by atoms with Crippen LogP contribution in [0.3, 0.4) is 0 Å². The van der Waals surface area contributed by atoms with E-state index in [-0.39, 0.29) is 35.9 Å². The third kappa shape index (κ3) is 2.23. The maximum atomic E-state index is 12.4. The molecular weight excluding hydrogens is 232 g/mol. The first kappa shape index (κ1) is 13.3. The van der Waals surface area contributed by atoms with Crippen molar-refractivity contribution < 1.29 is 14.3 Å². The Morgan fingerprint density at radius 3 is 2.72 bits per heavy atom. The van der Waals surface area contributed by atoms with Crippen molar-refractivity contribution in [1.82, 2.24) is 10.2 Å². The molecule has 2 fully saturated rings. The van der Waals surface area contributed by atoms with E-state index in [0.717, 1.165) is 6.42 Å². The minimum Gasteiger partial charge on any atom is -0.381 e. The zero-order valence-electron chi connectivity index (χ0n) is 11.3.